The third-order valence-corrected chi connectivity index (χ3v) is 6.23. The predicted molar refractivity (Wildman–Crippen MR) is 118 cm³/mol. The van der Waals surface area contributed by atoms with Gasteiger partial charge in [0.25, 0.3) is 0 Å². The molecule has 0 aliphatic carbocycles. The van der Waals surface area contributed by atoms with E-state index in [1.54, 1.807) is 29.9 Å². The van der Waals surface area contributed by atoms with E-state index >= 15 is 0 Å². The van der Waals surface area contributed by atoms with E-state index in [2.05, 4.69) is 20.6 Å². The lowest BCUT2D eigenvalue weighted by atomic mass is 10.0. The molecule has 1 amide bonds. The third kappa shape index (κ3) is 4.09. The van der Waals surface area contributed by atoms with Crippen LogP contribution in [0.2, 0.25) is 0 Å². The molecule has 0 saturated carbocycles. The highest BCUT2D eigenvalue weighted by atomic mass is 32.1. The Morgan fingerprint density at radius 1 is 1.30 bits per heavy atom. The second-order valence-electron chi connectivity index (χ2n) is 7.39. The fraction of sp³-hybridized carbons (Fsp3) is 0.286. The number of aromatic nitrogens is 5. The molecule has 4 heterocycles. The Hall–Kier alpha value is -3.67. The number of nitrogens with zero attached hydrogens (tertiary/aromatic N) is 6. The molecule has 0 spiro atoms. The fourth-order valence-electron chi connectivity index (χ4n) is 3.94. The highest BCUT2D eigenvalue weighted by Gasteiger charge is 2.30. The van der Waals surface area contributed by atoms with Crippen molar-refractivity contribution >= 4 is 34.0 Å². The molecule has 12 heteroatoms. The molecular formula is C21H19F2N7O2S. The minimum Gasteiger partial charge on any atom is -0.450 e. The average Bonchev–Trinajstić information content (AvgIpc) is 3.54. The first-order chi connectivity index (χ1) is 16.0. The summed E-state index contributed by atoms with van der Waals surface area (Å²) in [6.07, 6.45) is 4.30. The van der Waals surface area contributed by atoms with Crippen LogP contribution in [0, 0.1) is 11.6 Å². The van der Waals surface area contributed by atoms with Gasteiger partial charge < -0.3 is 9.64 Å². The largest absolute Gasteiger partial charge is 0.450 e. The average molecular weight is 471 g/mol. The number of carbonyl (C=O) groups excluding carboxylic acids is 1. The molecule has 1 saturated heterocycles. The maximum atomic E-state index is 14.5. The minimum absolute atomic E-state index is 0.245. The fourth-order valence-corrected chi connectivity index (χ4v) is 4.68. The predicted octanol–water partition coefficient (Wildman–Crippen LogP) is 4.44. The summed E-state index contributed by atoms with van der Waals surface area (Å²) < 4.78 is 34.7. The molecule has 9 nitrogen and oxygen atoms in total. The Bertz CT molecular complexity index is 1330. The summed E-state index contributed by atoms with van der Waals surface area (Å²) in [7, 11) is 0. The molecule has 5 rings (SSSR count). The molecule has 33 heavy (non-hydrogen) atoms. The molecular weight excluding hydrogens is 452 g/mol. The van der Waals surface area contributed by atoms with Crippen molar-refractivity contribution in [1.82, 2.24) is 24.8 Å². The van der Waals surface area contributed by atoms with Crippen LogP contribution in [-0.4, -0.2) is 44.0 Å². The Labute approximate surface area is 191 Å². The summed E-state index contributed by atoms with van der Waals surface area (Å²) in [6, 6.07) is 5.01. The van der Waals surface area contributed by atoms with Crippen molar-refractivity contribution in [2.75, 3.05) is 23.4 Å². The zero-order valence-electron chi connectivity index (χ0n) is 17.5. The molecule has 4 aromatic rings. The smallest absolute Gasteiger partial charge is 0.413 e. The highest BCUT2D eigenvalue weighted by molar-refractivity contribution is 7.18. The van der Waals surface area contributed by atoms with Crippen LogP contribution in [0.3, 0.4) is 0 Å². The molecule has 1 atom stereocenters. The first-order valence-corrected chi connectivity index (χ1v) is 11.2. The van der Waals surface area contributed by atoms with Crippen LogP contribution in [0.5, 0.6) is 0 Å². The highest BCUT2D eigenvalue weighted by Crippen LogP contribution is 2.37. The number of nitrogens with one attached hydrogen (secondary N) is 1. The molecule has 1 aromatic carbocycles. The van der Waals surface area contributed by atoms with Crippen molar-refractivity contribution in [3.05, 3.63) is 53.9 Å². The number of fused-ring (bicyclic) bond motifs is 1. The summed E-state index contributed by atoms with van der Waals surface area (Å²) >= 11 is 1.17. The lowest BCUT2D eigenvalue weighted by Crippen LogP contribution is -2.24. The van der Waals surface area contributed by atoms with E-state index in [-0.39, 0.29) is 12.6 Å². The summed E-state index contributed by atoms with van der Waals surface area (Å²) in [6.45, 7) is 2.62. The number of benzene rings is 1. The van der Waals surface area contributed by atoms with Gasteiger partial charge in [-0.2, -0.15) is 5.10 Å². The van der Waals surface area contributed by atoms with E-state index in [0.29, 0.717) is 45.7 Å². The third-order valence-electron chi connectivity index (χ3n) is 5.36. The number of hydrogen-bond donors (Lipinski definition) is 1. The van der Waals surface area contributed by atoms with Gasteiger partial charge in [0, 0.05) is 18.3 Å². The standard InChI is InChI=1S/C21H19F2N7O2S/c1-2-32-21(31)26-20-28-27-19(33-20)14-11-24-30-9-7-17(25-18(14)30)29-8-3-4-16(29)13-10-12(22)5-6-15(13)23/h5-7,9-11,16H,2-4,8H2,1H3,(H,26,28,31)/t16-/m1/s1. The number of anilines is 2. The van der Waals surface area contributed by atoms with Crippen LogP contribution >= 0.6 is 11.3 Å². The second-order valence-corrected chi connectivity index (χ2v) is 8.36. The molecule has 1 aliphatic rings. The molecule has 1 N–H and O–H groups in total. The van der Waals surface area contributed by atoms with E-state index < -0.39 is 17.7 Å². The molecule has 0 bridgehead atoms. The van der Waals surface area contributed by atoms with Gasteiger partial charge in [0.2, 0.25) is 5.13 Å². The molecule has 0 radical (unpaired) electrons. The Balaban J connectivity index is 1.47. The number of ether oxygens (including phenoxy) is 1. The Morgan fingerprint density at radius 2 is 2.18 bits per heavy atom. The van der Waals surface area contributed by atoms with E-state index in [1.165, 1.54) is 17.4 Å². The van der Waals surface area contributed by atoms with E-state index in [9.17, 15) is 13.6 Å². The van der Waals surface area contributed by atoms with Gasteiger partial charge in [-0.1, -0.05) is 11.3 Å². The van der Waals surface area contributed by atoms with Gasteiger partial charge in [0.05, 0.1) is 24.4 Å². The van der Waals surface area contributed by atoms with Crippen molar-refractivity contribution in [2.24, 2.45) is 0 Å². The van der Waals surface area contributed by atoms with Crippen LogP contribution in [0.1, 0.15) is 31.4 Å². The number of amides is 1. The summed E-state index contributed by atoms with van der Waals surface area (Å²) in [4.78, 5) is 18.4. The van der Waals surface area contributed by atoms with Crippen molar-refractivity contribution in [2.45, 2.75) is 25.8 Å². The van der Waals surface area contributed by atoms with E-state index in [0.717, 1.165) is 18.6 Å². The monoisotopic (exact) mass is 471 g/mol. The Kier molecular flexibility index (Phi) is 5.58. The first kappa shape index (κ1) is 21.2. The lowest BCUT2D eigenvalue weighted by molar-refractivity contribution is 0.168. The summed E-state index contributed by atoms with van der Waals surface area (Å²) in [5.41, 5.74) is 1.50. The van der Waals surface area contributed by atoms with Crippen LogP contribution in [0.4, 0.5) is 24.5 Å². The maximum absolute atomic E-state index is 14.5. The van der Waals surface area contributed by atoms with Crippen LogP contribution in [0.25, 0.3) is 16.2 Å². The van der Waals surface area contributed by atoms with Gasteiger partial charge in [-0.3, -0.25) is 5.32 Å². The zero-order chi connectivity index (χ0) is 22.9. The molecule has 1 fully saturated rings. The maximum Gasteiger partial charge on any atom is 0.413 e. The van der Waals surface area contributed by atoms with Crippen LogP contribution in [-0.2, 0) is 4.74 Å². The molecule has 1 aliphatic heterocycles. The quantitative estimate of drug-likeness (QED) is 0.460. The van der Waals surface area contributed by atoms with Gasteiger partial charge in [0.1, 0.15) is 17.5 Å². The van der Waals surface area contributed by atoms with E-state index in [1.807, 2.05) is 4.90 Å². The van der Waals surface area contributed by atoms with Gasteiger partial charge in [-0.15, -0.1) is 10.2 Å². The molecule has 170 valence electrons. The number of halogens is 2. The van der Waals surface area contributed by atoms with Gasteiger partial charge >= 0.3 is 6.09 Å². The number of hydrogen-bond acceptors (Lipinski definition) is 8. The van der Waals surface area contributed by atoms with Gasteiger partial charge in [-0.05, 0) is 44.0 Å². The summed E-state index contributed by atoms with van der Waals surface area (Å²) in [5, 5.41) is 15.8. The van der Waals surface area contributed by atoms with Crippen molar-refractivity contribution < 1.29 is 18.3 Å². The van der Waals surface area contributed by atoms with Crippen LogP contribution < -0.4 is 10.2 Å². The summed E-state index contributed by atoms with van der Waals surface area (Å²) in [5.74, 6) is -0.275. The normalized spacial score (nSPS) is 15.8. The number of carbonyl (C=O) groups is 1. The lowest BCUT2D eigenvalue weighted by Gasteiger charge is -2.26. The van der Waals surface area contributed by atoms with E-state index in [4.69, 9.17) is 9.72 Å². The van der Waals surface area contributed by atoms with Crippen molar-refractivity contribution in [3.8, 4) is 10.6 Å². The number of rotatable bonds is 5. The van der Waals surface area contributed by atoms with Crippen molar-refractivity contribution in [1.29, 1.82) is 0 Å². The molecule has 3 aromatic heterocycles. The Morgan fingerprint density at radius 3 is 3.03 bits per heavy atom. The zero-order valence-corrected chi connectivity index (χ0v) is 18.4. The first-order valence-electron chi connectivity index (χ1n) is 10.4. The minimum atomic E-state index is -0.606. The van der Waals surface area contributed by atoms with Crippen molar-refractivity contribution in [3.63, 3.8) is 0 Å². The van der Waals surface area contributed by atoms with Crippen LogP contribution in [0.15, 0.2) is 36.7 Å². The second kappa shape index (κ2) is 8.70. The SMILES string of the molecule is CCOC(=O)Nc1nnc(-c2cnn3ccc(N4CCC[C@@H]4c4cc(F)ccc4F)nc23)s1. The molecule has 0 unspecified atom stereocenters. The van der Waals surface area contributed by atoms with Gasteiger partial charge in [-0.25, -0.2) is 23.1 Å². The topological polar surface area (TPSA) is 97.5 Å². The van der Waals surface area contributed by atoms with Gasteiger partial charge in [0.15, 0.2) is 10.7 Å².